The Hall–Kier alpha value is -0.770. The van der Waals surface area contributed by atoms with Crippen LogP contribution in [0.5, 0.6) is 0 Å². The summed E-state index contributed by atoms with van der Waals surface area (Å²) in [6.45, 7) is 7.81. The van der Waals surface area contributed by atoms with Gasteiger partial charge in [-0.05, 0) is 46.6 Å². The molecule has 4 nitrogen and oxygen atoms in total. The van der Waals surface area contributed by atoms with E-state index < -0.39 is 5.60 Å². The molecule has 2 atom stereocenters. The molecule has 2 aliphatic rings. The predicted molar refractivity (Wildman–Crippen MR) is 62.3 cm³/mol. The summed E-state index contributed by atoms with van der Waals surface area (Å²) in [6, 6.07) is 0.315. The SMILES string of the molecule is CC(C)(C)OC(=O)NC1CC12CCCNC2. The number of amides is 1. The van der Waals surface area contributed by atoms with Crippen molar-refractivity contribution in [2.24, 2.45) is 5.41 Å². The second-order valence-corrected chi connectivity index (χ2v) is 6.05. The largest absolute Gasteiger partial charge is 0.444 e. The minimum atomic E-state index is -0.406. The van der Waals surface area contributed by atoms with Gasteiger partial charge in [0.05, 0.1) is 0 Å². The summed E-state index contributed by atoms with van der Waals surface area (Å²) in [5, 5.41) is 6.37. The van der Waals surface area contributed by atoms with Gasteiger partial charge in [-0.3, -0.25) is 0 Å². The van der Waals surface area contributed by atoms with Gasteiger partial charge in [-0.25, -0.2) is 4.79 Å². The Bertz CT molecular complexity index is 277. The summed E-state index contributed by atoms with van der Waals surface area (Å²) in [5.74, 6) is 0. The van der Waals surface area contributed by atoms with E-state index in [0.717, 1.165) is 19.5 Å². The number of ether oxygens (including phenoxy) is 1. The molecule has 0 aromatic rings. The summed E-state index contributed by atoms with van der Waals surface area (Å²) in [4.78, 5) is 11.6. The van der Waals surface area contributed by atoms with Crippen molar-refractivity contribution < 1.29 is 9.53 Å². The Morgan fingerprint density at radius 2 is 2.25 bits per heavy atom. The molecule has 1 saturated heterocycles. The predicted octanol–water partition coefficient (Wildman–Crippen LogP) is 1.65. The topological polar surface area (TPSA) is 50.4 Å². The van der Waals surface area contributed by atoms with Crippen LogP contribution in [0.2, 0.25) is 0 Å². The van der Waals surface area contributed by atoms with Gasteiger partial charge < -0.3 is 15.4 Å². The molecule has 2 fully saturated rings. The van der Waals surface area contributed by atoms with Gasteiger partial charge in [0.2, 0.25) is 0 Å². The van der Waals surface area contributed by atoms with E-state index in [0.29, 0.717) is 11.5 Å². The second-order valence-electron chi connectivity index (χ2n) is 6.05. The van der Waals surface area contributed by atoms with Gasteiger partial charge in [0.15, 0.2) is 0 Å². The quantitative estimate of drug-likeness (QED) is 0.715. The smallest absolute Gasteiger partial charge is 0.407 e. The maximum Gasteiger partial charge on any atom is 0.407 e. The molecule has 1 aliphatic heterocycles. The molecule has 0 aromatic heterocycles. The summed E-state index contributed by atoms with van der Waals surface area (Å²) in [5.41, 5.74) is -0.0773. The first kappa shape index (κ1) is 11.7. The lowest BCUT2D eigenvalue weighted by molar-refractivity contribution is 0.0514. The third-order valence-electron chi connectivity index (χ3n) is 3.39. The Kier molecular flexibility index (Phi) is 2.86. The fourth-order valence-corrected chi connectivity index (χ4v) is 2.46. The number of nitrogens with one attached hydrogen (secondary N) is 2. The second kappa shape index (κ2) is 3.91. The molecule has 4 heteroatoms. The van der Waals surface area contributed by atoms with Gasteiger partial charge >= 0.3 is 6.09 Å². The highest BCUT2D eigenvalue weighted by atomic mass is 16.6. The molecule has 1 amide bonds. The molecule has 0 radical (unpaired) electrons. The Labute approximate surface area is 97.1 Å². The standard InChI is InChI=1S/C12H22N2O2/c1-11(2,3)16-10(15)14-9-7-12(9)5-4-6-13-8-12/h9,13H,4-8H2,1-3H3,(H,14,15). The normalized spacial score (nSPS) is 33.6. The zero-order chi connectivity index (χ0) is 11.8. The van der Waals surface area contributed by atoms with Crippen molar-refractivity contribution in [2.45, 2.75) is 51.7 Å². The number of hydrogen-bond donors (Lipinski definition) is 2. The molecule has 0 bridgehead atoms. The van der Waals surface area contributed by atoms with Gasteiger partial charge in [0.25, 0.3) is 0 Å². The first-order chi connectivity index (χ1) is 7.41. The molecule has 2 N–H and O–H groups in total. The van der Waals surface area contributed by atoms with Crippen LogP contribution in [-0.2, 0) is 4.74 Å². The Morgan fingerprint density at radius 3 is 2.81 bits per heavy atom. The molecule has 2 unspecified atom stereocenters. The Morgan fingerprint density at radius 1 is 1.50 bits per heavy atom. The zero-order valence-corrected chi connectivity index (χ0v) is 10.4. The monoisotopic (exact) mass is 226 g/mol. The zero-order valence-electron chi connectivity index (χ0n) is 10.4. The lowest BCUT2D eigenvalue weighted by Gasteiger charge is -2.24. The number of alkyl carbamates (subject to hydrolysis) is 1. The average molecular weight is 226 g/mol. The molecular weight excluding hydrogens is 204 g/mol. The minimum Gasteiger partial charge on any atom is -0.444 e. The number of rotatable bonds is 1. The van der Waals surface area contributed by atoms with Crippen LogP contribution in [0.15, 0.2) is 0 Å². The molecule has 2 rings (SSSR count). The third kappa shape index (κ3) is 2.67. The first-order valence-corrected chi connectivity index (χ1v) is 6.12. The number of carbonyl (C=O) groups is 1. The summed E-state index contributed by atoms with van der Waals surface area (Å²) >= 11 is 0. The van der Waals surface area contributed by atoms with Gasteiger partial charge in [-0.15, -0.1) is 0 Å². The van der Waals surface area contributed by atoms with Crippen molar-refractivity contribution in [2.75, 3.05) is 13.1 Å². The van der Waals surface area contributed by atoms with E-state index in [1.807, 2.05) is 20.8 Å². The van der Waals surface area contributed by atoms with Crippen molar-refractivity contribution >= 4 is 6.09 Å². The van der Waals surface area contributed by atoms with Crippen molar-refractivity contribution in [1.82, 2.24) is 10.6 Å². The average Bonchev–Trinajstić information content (AvgIpc) is 2.75. The van der Waals surface area contributed by atoms with Crippen LogP contribution >= 0.6 is 0 Å². The third-order valence-corrected chi connectivity index (χ3v) is 3.39. The van der Waals surface area contributed by atoms with Crippen LogP contribution < -0.4 is 10.6 Å². The van der Waals surface area contributed by atoms with Crippen LogP contribution in [0.3, 0.4) is 0 Å². The van der Waals surface area contributed by atoms with Crippen molar-refractivity contribution in [3.8, 4) is 0 Å². The minimum absolute atomic E-state index is 0.278. The van der Waals surface area contributed by atoms with E-state index >= 15 is 0 Å². The maximum atomic E-state index is 11.6. The molecular formula is C12H22N2O2. The lowest BCUT2D eigenvalue weighted by Crippen LogP contribution is -2.40. The highest BCUT2D eigenvalue weighted by Gasteiger charge is 2.55. The van der Waals surface area contributed by atoms with E-state index in [1.165, 1.54) is 12.8 Å². The van der Waals surface area contributed by atoms with Gasteiger partial charge in [0, 0.05) is 18.0 Å². The van der Waals surface area contributed by atoms with E-state index in [-0.39, 0.29) is 6.09 Å². The number of piperidine rings is 1. The number of carbonyl (C=O) groups excluding carboxylic acids is 1. The first-order valence-electron chi connectivity index (χ1n) is 6.12. The molecule has 1 saturated carbocycles. The number of hydrogen-bond acceptors (Lipinski definition) is 3. The van der Waals surface area contributed by atoms with E-state index in [4.69, 9.17) is 4.74 Å². The van der Waals surface area contributed by atoms with Gasteiger partial charge in [0.1, 0.15) is 5.60 Å². The van der Waals surface area contributed by atoms with E-state index in [2.05, 4.69) is 10.6 Å². The highest BCUT2D eigenvalue weighted by molar-refractivity contribution is 5.68. The van der Waals surface area contributed by atoms with E-state index in [1.54, 1.807) is 0 Å². The molecule has 1 aliphatic carbocycles. The fourth-order valence-electron chi connectivity index (χ4n) is 2.46. The lowest BCUT2D eigenvalue weighted by atomic mass is 9.96. The fraction of sp³-hybridized carbons (Fsp3) is 0.917. The molecule has 1 spiro atoms. The van der Waals surface area contributed by atoms with Gasteiger partial charge in [-0.2, -0.15) is 0 Å². The van der Waals surface area contributed by atoms with Crippen molar-refractivity contribution in [1.29, 1.82) is 0 Å². The van der Waals surface area contributed by atoms with Crippen molar-refractivity contribution in [3.05, 3.63) is 0 Å². The summed E-state index contributed by atoms with van der Waals surface area (Å²) in [7, 11) is 0. The summed E-state index contributed by atoms with van der Waals surface area (Å²) < 4.78 is 5.25. The molecule has 16 heavy (non-hydrogen) atoms. The maximum absolute atomic E-state index is 11.6. The molecule has 1 heterocycles. The molecule has 92 valence electrons. The highest BCUT2D eigenvalue weighted by Crippen LogP contribution is 2.50. The van der Waals surface area contributed by atoms with E-state index in [9.17, 15) is 4.79 Å². The van der Waals surface area contributed by atoms with Crippen LogP contribution in [0.25, 0.3) is 0 Å². The molecule has 0 aromatic carbocycles. The van der Waals surface area contributed by atoms with Crippen LogP contribution in [0.1, 0.15) is 40.0 Å². The van der Waals surface area contributed by atoms with Crippen LogP contribution in [-0.4, -0.2) is 30.8 Å². The van der Waals surface area contributed by atoms with Crippen molar-refractivity contribution in [3.63, 3.8) is 0 Å². The van der Waals surface area contributed by atoms with Gasteiger partial charge in [-0.1, -0.05) is 0 Å². The van der Waals surface area contributed by atoms with Crippen LogP contribution in [0.4, 0.5) is 4.79 Å². The van der Waals surface area contributed by atoms with Crippen LogP contribution in [0, 0.1) is 5.41 Å². The summed E-state index contributed by atoms with van der Waals surface area (Å²) in [6.07, 6.45) is 3.26. The Balaban J connectivity index is 1.78.